The minimum absolute atomic E-state index is 0.248. The Morgan fingerprint density at radius 3 is 2.79 bits per heavy atom. The van der Waals surface area contributed by atoms with Crippen molar-refractivity contribution in [1.82, 2.24) is 0 Å². The lowest BCUT2D eigenvalue weighted by Crippen LogP contribution is -2.21. The Morgan fingerprint density at radius 2 is 2.12 bits per heavy atom. The predicted octanol–water partition coefficient (Wildman–Crippen LogP) is 3.09. The van der Waals surface area contributed by atoms with E-state index in [1.165, 1.54) is 24.1 Å². The maximum atomic E-state index is 11.9. The molecule has 0 spiro atoms. The van der Waals surface area contributed by atoms with Crippen molar-refractivity contribution in [3.05, 3.63) is 54.0 Å². The zero-order valence-electron chi connectivity index (χ0n) is 12.8. The number of ether oxygens (including phenoxy) is 1. The van der Waals surface area contributed by atoms with Crippen LogP contribution in [-0.2, 0) is 14.3 Å². The number of amides is 1. The lowest BCUT2D eigenvalue weighted by molar-refractivity contribution is -0.142. The molecule has 1 heterocycles. The Bertz CT molecular complexity index is 791. The van der Waals surface area contributed by atoms with Crippen LogP contribution in [0.3, 0.4) is 0 Å². The molecule has 6 nitrogen and oxygen atoms in total. The molecule has 122 valence electrons. The average Bonchev–Trinajstić information content (AvgIpc) is 3.11. The van der Waals surface area contributed by atoms with Crippen LogP contribution in [0.2, 0.25) is 0 Å². The first-order valence-electron chi connectivity index (χ1n) is 6.89. The summed E-state index contributed by atoms with van der Waals surface area (Å²) in [4.78, 5) is 24.6. The summed E-state index contributed by atoms with van der Waals surface area (Å²) < 4.78 is 9.89. The molecular weight excluding hydrogens is 328 g/mol. The van der Waals surface area contributed by atoms with E-state index in [0.29, 0.717) is 11.4 Å². The van der Waals surface area contributed by atoms with Crippen LogP contribution in [-0.4, -0.2) is 24.7 Å². The Balaban J connectivity index is 1.93. The highest BCUT2D eigenvalue weighted by Crippen LogP contribution is 2.24. The van der Waals surface area contributed by atoms with Gasteiger partial charge in [-0.25, -0.2) is 4.79 Å². The van der Waals surface area contributed by atoms with Crippen LogP contribution >= 0.6 is 11.8 Å². The molecule has 0 radical (unpaired) electrons. The third kappa shape index (κ3) is 4.76. The van der Waals surface area contributed by atoms with Crippen LogP contribution < -0.4 is 5.32 Å². The van der Waals surface area contributed by atoms with Gasteiger partial charge in [-0.15, -0.1) is 11.8 Å². The standard InChI is InChI=1S/C17H14N2O4S/c1-24-15-7-3-2-6-14(15)19-16(20)11-23-17(21)12(10-18)9-13-5-4-8-22-13/h2-9H,11H2,1H3,(H,19,20)/b12-9+. The molecule has 1 aromatic heterocycles. The Morgan fingerprint density at radius 1 is 1.33 bits per heavy atom. The van der Waals surface area contributed by atoms with Gasteiger partial charge in [0.05, 0.1) is 12.0 Å². The normalized spacial score (nSPS) is 10.8. The molecule has 0 fully saturated rings. The number of rotatable bonds is 6. The summed E-state index contributed by atoms with van der Waals surface area (Å²) in [5.74, 6) is -1.02. The number of anilines is 1. The van der Waals surface area contributed by atoms with Crippen LogP contribution in [0.15, 0.2) is 57.5 Å². The molecule has 0 saturated heterocycles. The zero-order valence-corrected chi connectivity index (χ0v) is 13.6. The summed E-state index contributed by atoms with van der Waals surface area (Å²) in [5.41, 5.74) is 0.389. The Kier molecular flexibility index (Phi) is 6.23. The monoisotopic (exact) mass is 342 g/mol. The first kappa shape index (κ1) is 17.4. The van der Waals surface area contributed by atoms with E-state index in [-0.39, 0.29) is 5.57 Å². The fraction of sp³-hybridized carbons (Fsp3) is 0.118. The molecule has 0 aliphatic carbocycles. The number of benzene rings is 1. The number of esters is 1. The van der Waals surface area contributed by atoms with E-state index in [1.54, 1.807) is 30.3 Å². The van der Waals surface area contributed by atoms with Gasteiger partial charge in [0.25, 0.3) is 5.91 Å². The fourth-order valence-electron chi connectivity index (χ4n) is 1.80. The van der Waals surface area contributed by atoms with Crippen LogP contribution in [0.25, 0.3) is 6.08 Å². The van der Waals surface area contributed by atoms with Gasteiger partial charge in [-0.2, -0.15) is 5.26 Å². The number of para-hydroxylation sites is 1. The highest BCUT2D eigenvalue weighted by molar-refractivity contribution is 7.98. The molecule has 1 amide bonds. The van der Waals surface area contributed by atoms with Crippen molar-refractivity contribution in [3.63, 3.8) is 0 Å². The second-order valence-corrected chi connectivity index (χ2v) is 5.36. The van der Waals surface area contributed by atoms with Gasteiger partial charge >= 0.3 is 5.97 Å². The largest absolute Gasteiger partial charge is 0.465 e. The third-order valence-corrected chi connectivity index (χ3v) is 3.68. The molecule has 0 aliphatic rings. The minimum atomic E-state index is -0.887. The summed E-state index contributed by atoms with van der Waals surface area (Å²) in [5, 5.41) is 11.7. The summed E-state index contributed by atoms with van der Waals surface area (Å²) in [7, 11) is 0. The molecule has 7 heteroatoms. The molecule has 1 N–H and O–H groups in total. The SMILES string of the molecule is CSc1ccccc1NC(=O)COC(=O)/C(C#N)=C/c1ccco1. The number of hydrogen-bond acceptors (Lipinski definition) is 6. The topological polar surface area (TPSA) is 92.3 Å². The molecule has 0 saturated carbocycles. The second-order valence-electron chi connectivity index (χ2n) is 4.51. The molecule has 0 bridgehead atoms. The van der Waals surface area contributed by atoms with E-state index in [2.05, 4.69) is 5.32 Å². The number of hydrogen-bond donors (Lipinski definition) is 1. The van der Waals surface area contributed by atoms with Gasteiger partial charge < -0.3 is 14.5 Å². The van der Waals surface area contributed by atoms with Gasteiger partial charge in [0.15, 0.2) is 6.61 Å². The van der Waals surface area contributed by atoms with Crippen LogP contribution in [0.4, 0.5) is 5.69 Å². The molecule has 0 unspecified atom stereocenters. The zero-order chi connectivity index (χ0) is 17.4. The van der Waals surface area contributed by atoms with E-state index < -0.39 is 18.5 Å². The van der Waals surface area contributed by atoms with E-state index in [1.807, 2.05) is 18.4 Å². The van der Waals surface area contributed by atoms with E-state index in [4.69, 9.17) is 14.4 Å². The Labute approximate surface area is 143 Å². The van der Waals surface area contributed by atoms with Crippen molar-refractivity contribution >= 4 is 35.4 Å². The highest BCUT2D eigenvalue weighted by Gasteiger charge is 2.14. The van der Waals surface area contributed by atoms with Gasteiger partial charge in [-0.05, 0) is 30.5 Å². The van der Waals surface area contributed by atoms with Crippen molar-refractivity contribution in [2.24, 2.45) is 0 Å². The van der Waals surface area contributed by atoms with Gasteiger partial charge in [0.2, 0.25) is 0 Å². The summed E-state index contributed by atoms with van der Waals surface area (Å²) >= 11 is 1.49. The van der Waals surface area contributed by atoms with Crippen molar-refractivity contribution < 1.29 is 18.7 Å². The fourth-order valence-corrected chi connectivity index (χ4v) is 2.35. The number of carbonyl (C=O) groups is 2. The molecule has 0 atom stereocenters. The lowest BCUT2D eigenvalue weighted by atomic mass is 10.2. The van der Waals surface area contributed by atoms with Gasteiger partial charge in [0, 0.05) is 11.0 Å². The lowest BCUT2D eigenvalue weighted by Gasteiger charge is -2.09. The van der Waals surface area contributed by atoms with Crippen LogP contribution in [0.1, 0.15) is 5.76 Å². The number of thioether (sulfide) groups is 1. The first-order valence-corrected chi connectivity index (χ1v) is 8.12. The second kappa shape index (κ2) is 8.60. The third-order valence-electron chi connectivity index (χ3n) is 2.89. The Hall–Kier alpha value is -2.98. The number of nitrogens with one attached hydrogen (secondary N) is 1. The van der Waals surface area contributed by atoms with E-state index in [0.717, 1.165) is 4.90 Å². The quantitative estimate of drug-likeness (QED) is 0.375. The number of furan rings is 1. The summed E-state index contributed by atoms with van der Waals surface area (Å²) in [6.07, 6.45) is 4.57. The molecular formula is C17H14N2O4S. The molecule has 0 aliphatic heterocycles. The van der Waals surface area contributed by atoms with E-state index in [9.17, 15) is 9.59 Å². The minimum Gasteiger partial charge on any atom is -0.465 e. The van der Waals surface area contributed by atoms with E-state index >= 15 is 0 Å². The van der Waals surface area contributed by atoms with Crippen molar-refractivity contribution in [2.75, 3.05) is 18.2 Å². The molecule has 24 heavy (non-hydrogen) atoms. The first-order chi connectivity index (χ1) is 11.6. The summed E-state index contributed by atoms with van der Waals surface area (Å²) in [6.45, 7) is -0.487. The van der Waals surface area contributed by atoms with Crippen LogP contribution in [0.5, 0.6) is 0 Å². The number of nitrogens with zero attached hydrogens (tertiary/aromatic N) is 1. The molecule has 2 aromatic rings. The molecule has 2 rings (SSSR count). The number of nitriles is 1. The maximum Gasteiger partial charge on any atom is 0.349 e. The average molecular weight is 342 g/mol. The highest BCUT2D eigenvalue weighted by atomic mass is 32.2. The smallest absolute Gasteiger partial charge is 0.349 e. The van der Waals surface area contributed by atoms with Gasteiger partial charge in [-0.3, -0.25) is 4.79 Å². The maximum absolute atomic E-state index is 11.9. The van der Waals surface area contributed by atoms with Gasteiger partial charge in [0.1, 0.15) is 17.4 Å². The van der Waals surface area contributed by atoms with Crippen molar-refractivity contribution in [1.29, 1.82) is 5.26 Å². The van der Waals surface area contributed by atoms with Crippen molar-refractivity contribution in [3.8, 4) is 6.07 Å². The summed E-state index contributed by atoms with van der Waals surface area (Å²) in [6, 6.07) is 12.2. The van der Waals surface area contributed by atoms with Crippen molar-refractivity contribution in [2.45, 2.75) is 4.90 Å². The number of carbonyl (C=O) groups excluding carboxylic acids is 2. The van der Waals surface area contributed by atoms with Gasteiger partial charge in [-0.1, -0.05) is 12.1 Å². The molecule has 1 aromatic carbocycles. The predicted molar refractivity (Wildman–Crippen MR) is 90.1 cm³/mol. The van der Waals surface area contributed by atoms with Crippen LogP contribution in [0, 0.1) is 11.3 Å².